The quantitative estimate of drug-likeness (QED) is 0.738. The van der Waals surface area contributed by atoms with Gasteiger partial charge in [-0.1, -0.05) is 11.6 Å². The van der Waals surface area contributed by atoms with Crippen LogP contribution >= 0.6 is 11.6 Å². The van der Waals surface area contributed by atoms with Crippen LogP contribution in [0.5, 0.6) is 0 Å². The third-order valence-corrected chi connectivity index (χ3v) is 3.31. The van der Waals surface area contributed by atoms with Crippen molar-refractivity contribution >= 4 is 17.4 Å². The van der Waals surface area contributed by atoms with Gasteiger partial charge in [0.25, 0.3) is 0 Å². The summed E-state index contributed by atoms with van der Waals surface area (Å²) >= 11 is 5.79. The number of Topliss-reactive ketones (excluding diaryl/α,β-unsaturated/α-hetero) is 1. The van der Waals surface area contributed by atoms with Crippen LogP contribution in [0.25, 0.3) is 0 Å². The van der Waals surface area contributed by atoms with Gasteiger partial charge in [0.15, 0.2) is 5.78 Å². The van der Waals surface area contributed by atoms with Crippen LogP contribution in [0.4, 0.5) is 0 Å². The Bertz CT molecular complexity index is 377. The molecule has 0 aromatic heterocycles. The smallest absolute Gasteiger partial charge is 0.194 e. The molecule has 0 aliphatic carbocycles. The second kappa shape index (κ2) is 4.56. The third kappa shape index (κ3) is 2.28. The van der Waals surface area contributed by atoms with Gasteiger partial charge in [-0.2, -0.15) is 0 Å². The van der Waals surface area contributed by atoms with Crippen molar-refractivity contribution in [3.63, 3.8) is 0 Å². The number of ether oxygens (including phenoxy) is 1. The minimum absolute atomic E-state index is 0.0591. The van der Waals surface area contributed by atoms with Gasteiger partial charge in [0.05, 0.1) is 0 Å². The summed E-state index contributed by atoms with van der Waals surface area (Å²) in [7, 11) is 0. The molecule has 0 saturated carbocycles. The van der Waals surface area contributed by atoms with Crippen molar-refractivity contribution in [1.82, 2.24) is 0 Å². The van der Waals surface area contributed by atoms with Gasteiger partial charge in [0, 0.05) is 17.2 Å². The van der Waals surface area contributed by atoms with Gasteiger partial charge < -0.3 is 4.74 Å². The van der Waals surface area contributed by atoms with Gasteiger partial charge in [-0.25, -0.2) is 0 Å². The van der Waals surface area contributed by atoms with Crippen molar-refractivity contribution in [2.45, 2.75) is 31.8 Å². The molecular weight excluding hydrogens is 224 g/mol. The van der Waals surface area contributed by atoms with E-state index in [2.05, 4.69) is 0 Å². The van der Waals surface area contributed by atoms with Crippen molar-refractivity contribution < 1.29 is 9.53 Å². The Morgan fingerprint density at radius 1 is 1.31 bits per heavy atom. The lowest BCUT2D eigenvalue weighted by molar-refractivity contribution is -0.0426. The predicted octanol–water partition coefficient (Wildman–Crippen LogP) is 3.48. The lowest BCUT2D eigenvalue weighted by atomic mass is 9.88. The first-order valence-corrected chi connectivity index (χ1v) is 5.94. The third-order valence-electron chi connectivity index (χ3n) is 3.06. The fourth-order valence-corrected chi connectivity index (χ4v) is 2.15. The molecule has 0 amide bonds. The van der Waals surface area contributed by atoms with Crippen LogP contribution < -0.4 is 0 Å². The molecule has 16 heavy (non-hydrogen) atoms. The highest BCUT2D eigenvalue weighted by Gasteiger charge is 2.36. The van der Waals surface area contributed by atoms with Crippen LogP contribution in [0.15, 0.2) is 24.3 Å². The van der Waals surface area contributed by atoms with E-state index in [1.807, 2.05) is 6.92 Å². The summed E-state index contributed by atoms with van der Waals surface area (Å²) in [4.78, 5) is 12.3. The molecule has 1 aliphatic rings. The molecule has 0 radical (unpaired) electrons. The van der Waals surface area contributed by atoms with E-state index in [1.165, 1.54) is 0 Å². The van der Waals surface area contributed by atoms with Crippen molar-refractivity contribution in [2.75, 3.05) is 6.61 Å². The predicted molar refractivity (Wildman–Crippen MR) is 64.0 cm³/mol. The van der Waals surface area contributed by atoms with E-state index < -0.39 is 5.60 Å². The summed E-state index contributed by atoms with van der Waals surface area (Å²) in [6, 6.07) is 6.99. The lowest BCUT2D eigenvalue weighted by Crippen LogP contribution is -2.41. The number of ketones is 1. The Morgan fingerprint density at radius 2 is 2.00 bits per heavy atom. The van der Waals surface area contributed by atoms with Crippen molar-refractivity contribution in [2.24, 2.45) is 0 Å². The highest BCUT2D eigenvalue weighted by molar-refractivity contribution is 6.30. The van der Waals surface area contributed by atoms with Gasteiger partial charge in [-0.3, -0.25) is 4.79 Å². The zero-order chi connectivity index (χ0) is 11.6. The molecule has 1 fully saturated rings. The fourth-order valence-electron chi connectivity index (χ4n) is 2.02. The summed E-state index contributed by atoms with van der Waals surface area (Å²) in [5.41, 5.74) is 0.0281. The summed E-state index contributed by atoms with van der Waals surface area (Å²) in [6.07, 6.45) is 2.90. The number of hydrogen-bond acceptors (Lipinski definition) is 2. The number of carbonyl (C=O) groups excluding carboxylic acids is 1. The molecule has 1 heterocycles. The number of halogens is 1. The molecule has 2 rings (SSSR count). The van der Waals surface area contributed by atoms with Gasteiger partial charge in [-0.15, -0.1) is 0 Å². The molecule has 1 aliphatic heterocycles. The SMILES string of the molecule is CC1(C(=O)c2ccc(Cl)cc2)CCCCO1. The second-order valence-electron chi connectivity index (χ2n) is 4.37. The Morgan fingerprint density at radius 3 is 2.56 bits per heavy atom. The molecule has 1 aromatic carbocycles. The first-order chi connectivity index (χ1) is 7.62. The van der Waals surface area contributed by atoms with Crippen LogP contribution in [-0.4, -0.2) is 18.0 Å². The Labute approximate surface area is 101 Å². The highest BCUT2D eigenvalue weighted by atomic mass is 35.5. The van der Waals surface area contributed by atoms with Gasteiger partial charge in [0.1, 0.15) is 5.60 Å². The van der Waals surface area contributed by atoms with Gasteiger partial charge in [-0.05, 0) is 50.5 Å². The summed E-state index contributed by atoms with van der Waals surface area (Å²) < 4.78 is 5.63. The largest absolute Gasteiger partial charge is 0.367 e. The Hall–Kier alpha value is -0.860. The van der Waals surface area contributed by atoms with Crippen LogP contribution in [-0.2, 0) is 4.74 Å². The lowest BCUT2D eigenvalue weighted by Gasteiger charge is -2.32. The maximum Gasteiger partial charge on any atom is 0.194 e. The number of hydrogen-bond donors (Lipinski definition) is 0. The average molecular weight is 239 g/mol. The Kier molecular flexibility index (Phi) is 3.31. The molecule has 1 unspecified atom stereocenters. The molecule has 0 bridgehead atoms. The summed E-state index contributed by atoms with van der Waals surface area (Å²) in [5, 5.41) is 0.645. The van der Waals surface area contributed by atoms with E-state index in [0.717, 1.165) is 19.3 Å². The molecule has 0 N–H and O–H groups in total. The van der Waals surface area contributed by atoms with Crippen LogP contribution in [0, 0.1) is 0 Å². The number of carbonyl (C=O) groups is 1. The molecular formula is C13H15ClO2. The second-order valence-corrected chi connectivity index (χ2v) is 4.81. The van der Waals surface area contributed by atoms with E-state index >= 15 is 0 Å². The van der Waals surface area contributed by atoms with E-state index in [-0.39, 0.29) is 5.78 Å². The fraction of sp³-hybridized carbons (Fsp3) is 0.462. The molecule has 86 valence electrons. The average Bonchev–Trinajstić information content (AvgIpc) is 2.30. The first kappa shape index (κ1) is 11.6. The summed E-state index contributed by atoms with van der Waals surface area (Å²) in [6.45, 7) is 2.55. The van der Waals surface area contributed by atoms with Gasteiger partial charge in [0.2, 0.25) is 0 Å². The van der Waals surface area contributed by atoms with E-state index in [9.17, 15) is 4.79 Å². The van der Waals surface area contributed by atoms with Crippen molar-refractivity contribution in [3.05, 3.63) is 34.9 Å². The monoisotopic (exact) mass is 238 g/mol. The van der Waals surface area contributed by atoms with Crippen molar-refractivity contribution in [1.29, 1.82) is 0 Å². The number of rotatable bonds is 2. The topological polar surface area (TPSA) is 26.3 Å². The molecule has 3 heteroatoms. The minimum atomic E-state index is -0.647. The normalized spacial score (nSPS) is 25.4. The molecule has 1 aromatic rings. The Balaban J connectivity index is 2.20. The molecule has 2 nitrogen and oxygen atoms in total. The van der Waals surface area contributed by atoms with Crippen LogP contribution in [0.1, 0.15) is 36.5 Å². The first-order valence-electron chi connectivity index (χ1n) is 5.56. The van der Waals surface area contributed by atoms with E-state index in [1.54, 1.807) is 24.3 Å². The highest BCUT2D eigenvalue weighted by Crippen LogP contribution is 2.28. The van der Waals surface area contributed by atoms with Crippen LogP contribution in [0.3, 0.4) is 0 Å². The molecule has 1 atom stereocenters. The van der Waals surface area contributed by atoms with Gasteiger partial charge >= 0.3 is 0 Å². The molecule has 0 spiro atoms. The number of benzene rings is 1. The maximum atomic E-state index is 12.3. The zero-order valence-electron chi connectivity index (χ0n) is 9.33. The maximum absolute atomic E-state index is 12.3. The van der Waals surface area contributed by atoms with Crippen molar-refractivity contribution in [3.8, 4) is 0 Å². The minimum Gasteiger partial charge on any atom is -0.367 e. The summed E-state index contributed by atoms with van der Waals surface area (Å²) in [5.74, 6) is 0.0591. The molecule has 1 saturated heterocycles. The van der Waals surface area contributed by atoms with E-state index in [4.69, 9.17) is 16.3 Å². The zero-order valence-corrected chi connectivity index (χ0v) is 10.1. The van der Waals surface area contributed by atoms with Crippen LogP contribution in [0.2, 0.25) is 5.02 Å². The van der Waals surface area contributed by atoms with E-state index in [0.29, 0.717) is 17.2 Å². The standard InChI is InChI=1S/C13H15ClO2/c1-13(8-2-3-9-16-13)12(15)10-4-6-11(14)7-5-10/h4-7H,2-3,8-9H2,1H3.